The maximum absolute atomic E-state index is 11.6. The lowest BCUT2D eigenvalue weighted by molar-refractivity contribution is 0.369. The van der Waals surface area contributed by atoms with Gasteiger partial charge in [-0.3, -0.25) is 4.99 Å². The van der Waals surface area contributed by atoms with Gasteiger partial charge in [-0.1, -0.05) is 17.7 Å². The fourth-order valence-corrected chi connectivity index (χ4v) is 5.71. The van der Waals surface area contributed by atoms with E-state index in [1.165, 1.54) is 11.3 Å². The van der Waals surface area contributed by atoms with Gasteiger partial charge >= 0.3 is 0 Å². The molecule has 0 saturated carbocycles. The molecule has 152 valence electrons. The number of benzene rings is 1. The molecule has 2 aliphatic heterocycles. The molecule has 0 amide bonds. The molecule has 0 aliphatic carbocycles. The summed E-state index contributed by atoms with van der Waals surface area (Å²) in [5.74, 6) is 1.65. The van der Waals surface area contributed by atoms with Crippen molar-refractivity contribution in [3.63, 3.8) is 0 Å². The molecule has 27 heavy (non-hydrogen) atoms. The van der Waals surface area contributed by atoms with Gasteiger partial charge in [0.25, 0.3) is 0 Å². The Morgan fingerprint density at radius 1 is 1.30 bits per heavy atom. The molecule has 1 atom stereocenters. The molecular formula is C18H28ClIN4O2S. The van der Waals surface area contributed by atoms with Crippen LogP contribution in [0.1, 0.15) is 12.0 Å². The Morgan fingerprint density at radius 2 is 2.00 bits per heavy atom. The van der Waals surface area contributed by atoms with E-state index in [1.807, 2.05) is 12.1 Å². The van der Waals surface area contributed by atoms with Crippen molar-refractivity contribution < 1.29 is 8.42 Å². The Balaban J connectivity index is 0.00000261. The molecule has 3 rings (SSSR count). The van der Waals surface area contributed by atoms with Crippen LogP contribution in [0.3, 0.4) is 0 Å². The minimum Gasteiger partial charge on any atom is -0.368 e. The zero-order valence-corrected chi connectivity index (χ0v) is 19.7. The third-order valence-electron chi connectivity index (χ3n) is 5.18. The Bertz CT molecular complexity index is 780. The van der Waals surface area contributed by atoms with Crippen molar-refractivity contribution in [1.29, 1.82) is 0 Å². The number of piperazine rings is 1. The van der Waals surface area contributed by atoms with Crippen LogP contribution < -0.4 is 10.2 Å². The zero-order valence-electron chi connectivity index (χ0n) is 15.8. The Hall–Kier alpha value is -0.740. The van der Waals surface area contributed by atoms with Gasteiger partial charge in [0, 0.05) is 50.5 Å². The molecule has 1 unspecified atom stereocenters. The van der Waals surface area contributed by atoms with E-state index in [-0.39, 0.29) is 29.9 Å². The van der Waals surface area contributed by atoms with Gasteiger partial charge in [-0.15, -0.1) is 24.0 Å². The molecule has 2 fully saturated rings. The molecule has 0 bridgehead atoms. The van der Waals surface area contributed by atoms with Gasteiger partial charge in [0.2, 0.25) is 0 Å². The summed E-state index contributed by atoms with van der Waals surface area (Å²) in [6, 6.07) is 6.01. The zero-order chi connectivity index (χ0) is 18.7. The van der Waals surface area contributed by atoms with Crippen LogP contribution in [0.5, 0.6) is 0 Å². The summed E-state index contributed by atoms with van der Waals surface area (Å²) in [4.78, 5) is 8.97. The van der Waals surface area contributed by atoms with Crippen molar-refractivity contribution in [2.75, 3.05) is 56.2 Å². The van der Waals surface area contributed by atoms with Crippen LogP contribution in [0.2, 0.25) is 5.02 Å². The second-order valence-electron chi connectivity index (χ2n) is 7.10. The Labute approximate surface area is 184 Å². The van der Waals surface area contributed by atoms with Crippen LogP contribution in [-0.4, -0.2) is 70.6 Å². The van der Waals surface area contributed by atoms with Crippen LogP contribution in [0.4, 0.5) is 5.69 Å². The van der Waals surface area contributed by atoms with Crippen molar-refractivity contribution in [1.82, 2.24) is 10.2 Å². The Kier molecular flexibility index (Phi) is 8.05. The first-order valence-corrected chi connectivity index (χ1v) is 11.2. The van der Waals surface area contributed by atoms with Gasteiger partial charge < -0.3 is 15.1 Å². The van der Waals surface area contributed by atoms with Gasteiger partial charge in [-0.05, 0) is 37.0 Å². The average Bonchev–Trinajstić information content (AvgIpc) is 2.97. The molecule has 0 radical (unpaired) electrons. The molecular weight excluding hydrogens is 499 g/mol. The number of guanidine groups is 1. The molecule has 1 aromatic rings. The third-order valence-corrected chi connectivity index (χ3v) is 7.25. The lowest BCUT2D eigenvalue weighted by atomic mass is 10.1. The summed E-state index contributed by atoms with van der Waals surface area (Å²) >= 11 is 6.15. The van der Waals surface area contributed by atoms with Gasteiger partial charge in [0.05, 0.1) is 11.5 Å². The number of nitrogens with one attached hydrogen (secondary N) is 1. The normalized spacial score (nSPS) is 22.5. The largest absolute Gasteiger partial charge is 0.368 e. The van der Waals surface area contributed by atoms with E-state index in [2.05, 4.69) is 33.1 Å². The highest BCUT2D eigenvalue weighted by molar-refractivity contribution is 14.0. The highest BCUT2D eigenvalue weighted by Crippen LogP contribution is 2.25. The number of aliphatic imine (C=N–C) groups is 1. The number of halogens is 2. The quantitative estimate of drug-likeness (QED) is 0.372. The summed E-state index contributed by atoms with van der Waals surface area (Å²) < 4.78 is 23.2. The number of hydrogen-bond donors (Lipinski definition) is 1. The van der Waals surface area contributed by atoms with E-state index in [1.54, 1.807) is 7.05 Å². The molecule has 1 N–H and O–H groups in total. The van der Waals surface area contributed by atoms with E-state index >= 15 is 0 Å². The predicted molar refractivity (Wildman–Crippen MR) is 124 cm³/mol. The first kappa shape index (κ1) is 22.5. The minimum absolute atomic E-state index is 0. The molecule has 2 saturated heterocycles. The van der Waals surface area contributed by atoms with Crippen molar-refractivity contribution >= 4 is 57.1 Å². The predicted octanol–water partition coefficient (Wildman–Crippen LogP) is 2.40. The van der Waals surface area contributed by atoms with Gasteiger partial charge in [-0.25, -0.2) is 8.42 Å². The molecule has 2 aliphatic rings. The summed E-state index contributed by atoms with van der Waals surface area (Å²) in [6.07, 6.45) is 0.744. The number of nitrogens with zero attached hydrogens (tertiary/aromatic N) is 3. The first-order valence-electron chi connectivity index (χ1n) is 9.05. The van der Waals surface area contributed by atoms with E-state index in [4.69, 9.17) is 11.6 Å². The average molecular weight is 527 g/mol. The second-order valence-corrected chi connectivity index (χ2v) is 9.77. The van der Waals surface area contributed by atoms with Crippen LogP contribution >= 0.6 is 35.6 Å². The van der Waals surface area contributed by atoms with E-state index in [0.717, 1.165) is 43.6 Å². The number of rotatable bonds is 3. The van der Waals surface area contributed by atoms with Crippen LogP contribution in [0.15, 0.2) is 23.2 Å². The SMILES string of the molecule is CN=C(NCC1CCS(=O)(=O)C1)N1CCN(c2cc(Cl)ccc2C)CC1.I. The van der Waals surface area contributed by atoms with Crippen LogP contribution in [0.25, 0.3) is 0 Å². The first-order chi connectivity index (χ1) is 12.4. The number of aryl methyl sites for hydroxylation is 1. The molecule has 1 aromatic carbocycles. The summed E-state index contributed by atoms with van der Waals surface area (Å²) in [5.41, 5.74) is 2.42. The minimum atomic E-state index is -2.83. The standard InChI is InChI=1S/C18H27ClN4O2S.HI/c1-14-3-4-16(19)11-17(14)22-6-8-23(9-7-22)18(20-2)21-12-15-5-10-26(24,25)13-15;/h3-4,11,15H,5-10,12-13H2,1-2H3,(H,20,21);1H. The fraction of sp³-hybridized carbons (Fsp3) is 0.611. The summed E-state index contributed by atoms with van der Waals surface area (Å²) in [5, 5.41) is 4.13. The fourth-order valence-electron chi connectivity index (χ4n) is 3.68. The molecule has 6 nitrogen and oxygen atoms in total. The molecule has 2 heterocycles. The number of hydrogen-bond acceptors (Lipinski definition) is 4. The lowest BCUT2D eigenvalue weighted by Crippen LogP contribution is -2.53. The third kappa shape index (κ3) is 5.87. The number of anilines is 1. The molecule has 9 heteroatoms. The maximum atomic E-state index is 11.6. The van der Waals surface area contributed by atoms with Gasteiger partial charge in [0.1, 0.15) is 0 Å². The summed E-state index contributed by atoms with van der Waals surface area (Å²) in [7, 11) is -1.05. The van der Waals surface area contributed by atoms with Crippen molar-refractivity contribution in [3.05, 3.63) is 28.8 Å². The van der Waals surface area contributed by atoms with E-state index < -0.39 is 9.84 Å². The topological polar surface area (TPSA) is 65.0 Å². The van der Waals surface area contributed by atoms with Gasteiger partial charge in [-0.2, -0.15) is 0 Å². The van der Waals surface area contributed by atoms with E-state index in [9.17, 15) is 8.42 Å². The van der Waals surface area contributed by atoms with E-state index in [0.29, 0.717) is 18.1 Å². The van der Waals surface area contributed by atoms with Crippen LogP contribution in [0, 0.1) is 12.8 Å². The van der Waals surface area contributed by atoms with Crippen molar-refractivity contribution in [3.8, 4) is 0 Å². The summed E-state index contributed by atoms with van der Waals surface area (Å²) in [6.45, 7) is 6.32. The van der Waals surface area contributed by atoms with Crippen molar-refractivity contribution in [2.45, 2.75) is 13.3 Å². The second kappa shape index (κ2) is 9.65. The monoisotopic (exact) mass is 526 g/mol. The highest BCUT2D eigenvalue weighted by atomic mass is 127. The highest BCUT2D eigenvalue weighted by Gasteiger charge is 2.28. The maximum Gasteiger partial charge on any atom is 0.193 e. The van der Waals surface area contributed by atoms with Crippen LogP contribution in [-0.2, 0) is 9.84 Å². The molecule has 0 aromatic heterocycles. The van der Waals surface area contributed by atoms with Crippen molar-refractivity contribution in [2.24, 2.45) is 10.9 Å². The lowest BCUT2D eigenvalue weighted by Gasteiger charge is -2.38. The number of sulfone groups is 1. The Morgan fingerprint density at radius 3 is 2.59 bits per heavy atom. The molecule has 0 spiro atoms. The van der Waals surface area contributed by atoms with Gasteiger partial charge in [0.15, 0.2) is 15.8 Å². The smallest absolute Gasteiger partial charge is 0.193 e.